The van der Waals surface area contributed by atoms with Crippen molar-refractivity contribution >= 4 is 6.21 Å². The van der Waals surface area contributed by atoms with Gasteiger partial charge in [0, 0.05) is 12.4 Å². The van der Waals surface area contributed by atoms with Gasteiger partial charge >= 0.3 is 0 Å². The molecule has 0 aliphatic rings. The minimum atomic E-state index is 1.19. The Bertz CT molecular complexity index is 199. The SMILES string of the molecule is CC=N/C=C\C(=C/C)CCCCCC. The van der Waals surface area contributed by atoms with Gasteiger partial charge in [-0.05, 0) is 32.8 Å². The maximum atomic E-state index is 4.06. The Kier molecular flexibility index (Phi) is 9.61. The third kappa shape index (κ3) is 7.78. The van der Waals surface area contributed by atoms with Gasteiger partial charge in [-0.1, -0.05) is 37.8 Å². The van der Waals surface area contributed by atoms with Crippen LogP contribution in [0.5, 0.6) is 0 Å². The second-order valence-corrected chi connectivity index (χ2v) is 3.40. The monoisotopic (exact) mass is 193 g/mol. The molecule has 0 aromatic heterocycles. The Labute approximate surface area is 88.6 Å². The maximum absolute atomic E-state index is 4.06. The van der Waals surface area contributed by atoms with E-state index in [2.05, 4.69) is 31.0 Å². The fraction of sp³-hybridized carbons (Fsp3) is 0.615. The van der Waals surface area contributed by atoms with E-state index in [1.54, 1.807) is 6.21 Å². The fourth-order valence-electron chi connectivity index (χ4n) is 1.30. The Morgan fingerprint density at radius 2 is 1.93 bits per heavy atom. The molecule has 0 aliphatic carbocycles. The molecule has 14 heavy (non-hydrogen) atoms. The maximum Gasteiger partial charge on any atom is 0.0266 e. The van der Waals surface area contributed by atoms with Crippen LogP contribution >= 0.6 is 0 Å². The molecule has 0 atom stereocenters. The molecule has 0 aromatic rings. The molecule has 0 radical (unpaired) electrons. The summed E-state index contributed by atoms with van der Waals surface area (Å²) >= 11 is 0. The van der Waals surface area contributed by atoms with Crippen LogP contribution in [-0.4, -0.2) is 6.21 Å². The second kappa shape index (κ2) is 10.2. The van der Waals surface area contributed by atoms with Gasteiger partial charge in [0.2, 0.25) is 0 Å². The van der Waals surface area contributed by atoms with Gasteiger partial charge in [-0.15, -0.1) is 0 Å². The van der Waals surface area contributed by atoms with Crippen LogP contribution in [-0.2, 0) is 0 Å². The molecule has 80 valence electrons. The lowest BCUT2D eigenvalue weighted by molar-refractivity contribution is 0.668. The molecule has 0 aromatic carbocycles. The number of rotatable bonds is 7. The molecule has 0 bridgehead atoms. The average Bonchev–Trinajstić information content (AvgIpc) is 2.22. The molecule has 0 fully saturated rings. The Balaban J connectivity index is 3.70. The summed E-state index contributed by atoms with van der Waals surface area (Å²) in [5, 5.41) is 0. The molecule has 0 amide bonds. The lowest BCUT2D eigenvalue weighted by Gasteiger charge is -2.00. The van der Waals surface area contributed by atoms with Crippen LogP contribution < -0.4 is 0 Å². The summed E-state index contributed by atoms with van der Waals surface area (Å²) in [5.74, 6) is 0. The van der Waals surface area contributed by atoms with E-state index in [1.807, 2.05) is 13.1 Å². The topological polar surface area (TPSA) is 12.4 Å². The number of aliphatic imine (C=N–C) groups is 1. The summed E-state index contributed by atoms with van der Waals surface area (Å²) in [7, 11) is 0. The highest BCUT2D eigenvalue weighted by Crippen LogP contribution is 2.11. The normalized spacial score (nSPS) is 13.2. The van der Waals surface area contributed by atoms with Crippen LogP contribution in [0.3, 0.4) is 0 Å². The highest BCUT2D eigenvalue weighted by Gasteiger charge is 1.91. The van der Waals surface area contributed by atoms with Gasteiger partial charge in [-0.25, -0.2) is 0 Å². The highest BCUT2D eigenvalue weighted by atomic mass is 14.6. The van der Waals surface area contributed by atoms with E-state index in [0.29, 0.717) is 0 Å². The zero-order valence-electron chi connectivity index (χ0n) is 9.79. The largest absolute Gasteiger partial charge is 0.269 e. The van der Waals surface area contributed by atoms with Crippen molar-refractivity contribution < 1.29 is 0 Å². The summed E-state index contributed by atoms with van der Waals surface area (Å²) in [6.07, 6.45) is 14.4. The van der Waals surface area contributed by atoms with Gasteiger partial charge in [0.1, 0.15) is 0 Å². The van der Waals surface area contributed by atoms with Gasteiger partial charge in [0.15, 0.2) is 0 Å². The van der Waals surface area contributed by atoms with Gasteiger partial charge in [0.25, 0.3) is 0 Å². The lowest BCUT2D eigenvalue weighted by Crippen LogP contribution is -1.80. The van der Waals surface area contributed by atoms with Crippen LogP contribution in [0, 0.1) is 0 Å². The van der Waals surface area contributed by atoms with Crippen LogP contribution in [0.2, 0.25) is 0 Å². The van der Waals surface area contributed by atoms with E-state index in [9.17, 15) is 0 Å². The Morgan fingerprint density at radius 1 is 1.14 bits per heavy atom. The van der Waals surface area contributed by atoms with Crippen LogP contribution in [0.1, 0.15) is 52.9 Å². The quantitative estimate of drug-likeness (QED) is 0.320. The lowest BCUT2D eigenvalue weighted by atomic mass is 10.1. The first-order valence-electron chi connectivity index (χ1n) is 5.64. The molecule has 0 saturated heterocycles. The summed E-state index contributed by atoms with van der Waals surface area (Å²) < 4.78 is 0. The highest BCUT2D eigenvalue weighted by molar-refractivity contribution is 5.54. The van der Waals surface area contributed by atoms with Crippen LogP contribution in [0.15, 0.2) is 28.9 Å². The molecule has 1 heteroatoms. The molecule has 0 aliphatic heterocycles. The second-order valence-electron chi connectivity index (χ2n) is 3.40. The number of nitrogens with zero attached hydrogens (tertiary/aromatic N) is 1. The predicted octanol–water partition coefficient (Wildman–Crippen LogP) is 4.51. The van der Waals surface area contributed by atoms with Crippen molar-refractivity contribution in [2.75, 3.05) is 0 Å². The zero-order chi connectivity index (χ0) is 10.6. The van der Waals surface area contributed by atoms with Crippen molar-refractivity contribution in [2.45, 2.75) is 52.9 Å². The number of hydrogen-bond donors (Lipinski definition) is 0. The summed E-state index contributed by atoms with van der Waals surface area (Å²) in [5.41, 5.74) is 1.40. The van der Waals surface area contributed by atoms with E-state index in [1.165, 1.54) is 37.7 Å². The number of hydrogen-bond acceptors (Lipinski definition) is 1. The fourth-order valence-corrected chi connectivity index (χ4v) is 1.30. The van der Waals surface area contributed by atoms with Gasteiger partial charge in [0.05, 0.1) is 0 Å². The third-order valence-corrected chi connectivity index (χ3v) is 2.21. The smallest absolute Gasteiger partial charge is 0.0266 e. The van der Waals surface area contributed by atoms with E-state index in [4.69, 9.17) is 0 Å². The molecular formula is C13H23N. The van der Waals surface area contributed by atoms with Crippen LogP contribution in [0.4, 0.5) is 0 Å². The van der Waals surface area contributed by atoms with E-state index in [0.717, 1.165) is 0 Å². The third-order valence-electron chi connectivity index (χ3n) is 2.21. The molecular weight excluding hydrogens is 170 g/mol. The molecule has 0 N–H and O–H groups in total. The first-order chi connectivity index (χ1) is 6.85. The summed E-state index contributed by atoms with van der Waals surface area (Å²) in [4.78, 5) is 4.06. The molecule has 0 saturated carbocycles. The van der Waals surface area contributed by atoms with E-state index in [-0.39, 0.29) is 0 Å². The van der Waals surface area contributed by atoms with Crippen molar-refractivity contribution in [3.8, 4) is 0 Å². The van der Waals surface area contributed by atoms with Gasteiger partial charge in [-0.2, -0.15) is 0 Å². The number of allylic oxidation sites excluding steroid dienone is 3. The van der Waals surface area contributed by atoms with E-state index >= 15 is 0 Å². The minimum Gasteiger partial charge on any atom is -0.269 e. The Morgan fingerprint density at radius 3 is 2.50 bits per heavy atom. The van der Waals surface area contributed by atoms with Crippen molar-refractivity contribution in [2.24, 2.45) is 4.99 Å². The summed E-state index contributed by atoms with van der Waals surface area (Å²) in [6.45, 7) is 6.27. The predicted molar refractivity (Wildman–Crippen MR) is 65.8 cm³/mol. The molecule has 1 nitrogen and oxygen atoms in total. The first kappa shape index (κ1) is 13.2. The van der Waals surface area contributed by atoms with Gasteiger partial charge < -0.3 is 0 Å². The Hall–Kier alpha value is -0.850. The van der Waals surface area contributed by atoms with Crippen LogP contribution in [0.25, 0.3) is 0 Å². The van der Waals surface area contributed by atoms with Crippen molar-refractivity contribution in [3.05, 3.63) is 23.9 Å². The molecule has 0 heterocycles. The van der Waals surface area contributed by atoms with Crippen molar-refractivity contribution in [3.63, 3.8) is 0 Å². The summed E-state index contributed by atoms with van der Waals surface area (Å²) in [6, 6.07) is 0. The molecule has 0 unspecified atom stereocenters. The zero-order valence-corrected chi connectivity index (χ0v) is 9.79. The van der Waals surface area contributed by atoms with E-state index < -0.39 is 0 Å². The average molecular weight is 193 g/mol. The standard InChI is InChI=1S/C13H23N/c1-4-7-8-9-10-13(5-2)11-12-14-6-3/h5-6,11-12H,4,7-10H2,1-3H3/b12-11-,13-5-,14-6?. The first-order valence-corrected chi connectivity index (χ1v) is 5.64. The van der Waals surface area contributed by atoms with Gasteiger partial charge in [-0.3, -0.25) is 4.99 Å². The minimum absolute atomic E-state index is 1.19. The molecule has 0 spiro atoms. The van der Waals surface area contributed by atoms with Crippen molar-refractivity contribution in [1.82, 2.24) is 0 Å². The van der Waals surface area contributed by atoms with Crippen molar-refractivity contribution in [1.29, 1.82) is 0 Å². The number of unbranched alkanes of at least 4 members (excludes halogenated alkanes) is 3. The molecule has 0 rings (SSSR count).